The molecule has 5 heteroatoms. The standard InChI is InChI=1S/C8H7N3S.BrH/c9-8-10-4-3-6(11-8)7-2-1-5-12-7;/h1-5H,(H2,9,10,11);1H. The lowest BCUT2D eigenvalue weighted by Crippen LogP contribution is -1.93. The molecule has 0 aliphatic carbocycles. The quantitative estimate of drug-likeness (QED) is 0.854. The van der Waals surface area contributed by atoms with Gasteiger partial charge in [-0.25, -0.2) is 9.97 Å². The number of anilines is 1. The molecule has 2 heterocycles. The van der Waals surface area contributed by atoms with Crippen LogP contribution in [0.4, 0.5) is 5.95 Å². The summed E-state index contributed by atoms with van der Waals surface area (Å²) < 4.78 is 0. The second-order valence-electron chi connectivity index (χ2n) is 2.28. The van der Waals surface area contributed by atoms with Gasteiger partial charge in [0.05, 0.1) is 10.6 Å². The van der Waals surface area contributed by atoms with Crippen molar-refractivity contribution >= 4 is 34.3 Å². The summed E-state index contributed by atoms with van der Waals surface area (Å²) >= 11 is 1.64. The molecule has 0 spiro atoms. The van der Waals surface area contributed by atoms with Gasteiger partial charge in [-0.3, -0.25) is 0 Å². The van der Waals surface area contributed by atoms with Crippen LogP contribution >= 0.6 is 28.3 Å². The average Bonchev–Trinajstić information content (AvgIpc) is 2.56. The van der Waals surface area contributed by atoms with Crippen molar-refractivity contribution in [1.29, 1.82) is 0 Å². The van der Waals surface area contributed by atoms with Gasteiger partial charge in [0.2, 0.25) is 5.95 Å². The Labute approximate surface area is 90.4 Å². The second-order valence-corrected chi connectivity index (χ2v) is 3.23. The molecule has 0 aliphatic heterocycles. The average molecular weight is 258 g/mol. The van der Waals surface area contributed by atoms with Gasteiger partial charge in [-0.05, 0) is 17.5 Å². The van der Waals surface area contributed by atoms with Crippen molar-refractivity contribution in [3.8, 4) is 10.6 Å². The summed E-state index contributed by atoms with van der Waals surface area (Å²) in [6.07, 6.45) is 1.66. The number of nitrogens with two attached hydrogens (primary N) is 1. The zero-order valence-electron chi connectivity index (χ0n) is 6.68. The summed E-state index contributed by atoms with van der Waals surface area (Å²) in [5, 5.41) is 2.01. The van der Waals surface area contributed by atoms with Crippen molar-refractivity contribution in [3.63, 3.8) is 0 Å². The summed E-state index contributed by atoms with van der Waals surface area (Å²) in [5.41, 5.74) is 6.33. The fourth-order valence-corrected chi connectivity index (χ4v) is 1.63. The fraction of sp³-hybridized carbons (Fsp3) is 0. The van der Waals surface area contributed by atoms with E-state index in [9.17, 15) is 0 Å². The summed E-state index contributed by atoms with van der Waals surface area (Å²) in [6, 6.07) is 5.84. The Balaban J connectivity index is 0.000000845. The molecule has 0 saturated heterocycles. The Morgan fingerprint density at radius 3 is 2.77 bits per heavy atom. The largest absolute Gasteiger partial charge is 0.368 e. The van der Waals surface area contributed by atoms with Gasteiger partial charge in [-0.1, -0.05) is 6.07 Å². The number of hydrogen-bond acceptors (Lipinski definition) is 4. The molecule has 0 atom stereocenters. The van der Waals surface area contributed by atoms with Gasteiger partial charge in [0.25, 0.3) is 0 Å². The molecule has 2 aromatic heterocycles. The van der Waals surface area contributed by atoms with E-state index < -0.39 is 0 Å². The number of hydrogen-bond donors (Lipinski definition) is 1. The molecule has 3 nitrogen and oxygen atoms in total. The van der Waals surface area contributed by atoms with Crippen molar-refractivity contribution in [1.82, 2.24) is 9.97 Å². The van der Waals surface area contributed by atoms with E-state index in [1.54, 1.807) is 17.5 Å². The SMILES string of the molecule is Br.Nc1nccc(-c2cccs2)n1. The summed E-state index contributed by atoms with van der Waals surface area (Å²) in [7, 11) is 0. The highest BCUT2D eigenvalue weighted by molar-refractivity contribution is 8.93. The van der Waals surface area contributed by atoms with E-state index in [0.29, 0.717) is 5.95 Å². The summed E-state index contributed by atoms with van der Waals surface area (Å²) in [4.78, 5) is 9.03. The Kier molecular flexibility index (Phi) is 3.39. The number of rotatable bonds is 1. The summed E-state index contributed by atoms with van der Waals surface area (Å²) in [5.74, 6) is 0.320. The molecule has 2 aromatic rings. The van der Waals surface area contributed by atoms with Crippen LogP contribution in [0.5, 0.6) is 0 Å². The number of nitrogens with zero attached hydrogens (tertiary/aromatic N) is 2. The van der Waals surface area contributed by atoms with Crippen LogP contribution in [-0.4, -0.2) is 9.97 Å². The number of nitrogen functional groups attached to an aromatic ring is 1. The maximum atomic E-state index is 5.45. The Hall–Kier alpha value is -0.940. The smallest absolute Gasteiger partial charge is 0.220 e. The highest BCUT2D eigenvalue weighted by Crippen LogP contribution is 2.21. The molecular formula is C8H8BrN3S. The van der Waals surface area contributed by atoms with Crippen molar-refractivity contribution in [2.75, 3.05) is 5.73 Å². The molecule has 0 aliphatic rings. The Morgan fingerprint density at radius 2 is 2.15 bits per heavy atom. The molecule has 68 valence electrons. The van der Waals surface area contributed by atoms with Crippen molar-refractivity contribution in [3.05, 3.63) is 29.8 Å². The third-order valence-corrected chi connectivity index (χ3v) is 2.34. The molecular weight excluding hydrogens is 250 g/mol. The predicted molar refractivity (Wildman–Crippen MR) is 60.1 cm³/mol. The molecule has 2 N–H and O–H groups in total. The van der Waals surface area contributed by atoms with Crippen molar-refractivity contribution in [2.45, 2.75) is 0 Å². The van der Waals surface area contributed by atoms with Crippen LogP contribution in [0.3, 0.4) is 0 Å². The molecule has 0 fully saturated rings. The molecule has 0 bridgehead atoms. The van der Waals surface area contributed by atoms with E-state index in [4.69, 9.17) is 5.73 Å². The zero-order chi connectivity index (χ0) is 8.39. The van der Waals surface area contributed by atoms with Crippen molar-refractivity contribution in [2.24, 2.45) is 0 Å². The highest BCUT2D eigenvalue weighted by atomic mass is 79.9. The minimum atomic E-state index is 0. The van der Waals surface area contributed by atoms with E-state index in [1.807, 2.05) is 23.6 Å². The van der Waals surface area contributed by atoms with Crippen LogP contribution in [0, 0.1) is 0 Å². The first-order chi connectivity index (χ1) is 5.86. The van der Waals surface area contributed by atoms with E-state index >= 15 is 0 Å². The molecule has 0 unspecified atom stereocenters. The molecule has 0 aromatic carbocycles. The van der Waals surface area contributed by atoms with Gasteiger partial charge in [-0.15, -0.1) is 28.3 Å². The first-order valence-corrected chi connectivity index (χ1v) is 4.36. The van der Waals surface area contributed by atoms with Gasteiger partial charge >= 0.3 is 0 Å². The van der Waals surface area contributed by atoms with Gasteiger partial charge < -0.3 is 5.73 Å². The van der Waals surface area contributed by atoms with Crippen LogP contribution in [0.15, 0.2) is 29.8 Å². The van der Waals surface area contributed by atoms with Gasteiger partial charge in [0.1, 0.15) is 0 Å². The van der Waals surface area contributed by atoms with Crippen LogP contribution < -0.4 is 5.73 Å². The first kappa shape index (κ1) is 10.1. The molecule has 13 heavy (non-hydrogen) atoms. The van der Waals surface area contributed by atoms with E-state index in [-0.39, 0.29) is 17.0 Å². The van der Waals surface area contributed by atoms with E-state index in [1.165, 1.54) is 0 Å². The highest BCUT2D eigenvalue weighted by Gasteiger charge is 1.99. The van der Waals surface area contributed by atoms with Gasteiger partial charge in [-0.2, -0.15) is 0 Å². The molecule has 2 rings (SSSR count). The second kappa shape index (κ2) is 4.34. The lowest BCUT2D eigenvalue weighted by molar-refractivity contribution is 1.19. The third kappa shape index (κ3) is 2.26. The monoisotopic (exact) mass is 257 g/mol. The topological polar surface area (TPSA) is 51.8 Å². The van der Waals surface area contributed by atoms with E-state index in [2.05, 4.69) is 9.97 Å². The van der Waals surface area contributed by atoms with Gasteiger partial charge in [0.15, 0.2) is 0 Å². The number of halogens is 1. The molecule has 0 saturated carbocycles. The molecule has 0 radical (unpaired) electrons. The molecule has 0 amide bonds. The normalized spacial score (nSPS) is 9.23. The van der Waals surface area contributed by atoms with Crippen LogP contribution in [0.1, 0.15) is 0 Å². The van der Waals surface area contributed by atoms with Crippen LogP contribution in [-0.2, 0) is 0 Å². The lowest BCUT2D eigenvalue weighted by Gasteiger charge is -1.95. The Morgan fingerprint density at radius 1 is 1.31 bits per heavy atom. The number of aromatic nitrogens is 2. The zero-order valence-corrected chi connectivity index (χ0v) is 9.20. The van der Waals surface area contributed by atoms with Gasteiger partial charge in [0, 0.05) is 6.20 Å². The minimum absolute atomic E-state index is 0. The minimum Gasteiger partial charge on any atom is -0.368 e. The van der Waals surface area contributed by atoms with E-state index in [0.717, 1.165) is 10.6 Å². The van der Waals surface area contributed by atoms with Crippen molar-refractivity contribution < 1.29 is 0 Å². The number of thiophene rings is 1. The third-order valence-electron chi connectivity index (χ3n) is 1.45. The van der Waals surface area contributed by atoms with Crippen LogP contribution in [0.2, 0.25) is 0 Å². The Bertz CT molecular complexity index is 375. The first-order valence-electron chi connectivity index (χ1n) is 3.48. The predicted octanol–water partition coefficient (Wildman–Crippen LogP) is 2.37. The fourth-order valence-electron chi connectivity index (χ4n) is 0.935. The summed E-state index contributed by atoms with van der Waals surface area (Å²) in [6.45, 7) is 0. The maximum absolute atomic E-state index is 5.45. The maximum Gasteiger partial charge on any atom is 0.220 e. The van der Waals surface area contributed by atoms with Crippen LogP contribution in [0.25, 0.3) is 10.6 Å². The lowest BCUT2D eigenvalue weighted by atomic mass is 10.3.